The molecule has 0 bridgehead atoms. The van der Waals surface area contributed by atoms with Crippen molar-refractivity contribution < 1.29 is 0 Å². The van der Waals surface area contributed by atoms with Crippen molar-refractivity contribution in [2.24, 2.45) is 0 Å². The fourth-order valence-electron chi connectivity index (χ4n) is 0. The van der Waals surface area contributed by atoms with Gasteiger partial charge in [0.05, 0.1) is 0 Å². The van der Waals surface area contributed by atoms with Gasteiger partial charge in [0.2, 0.25) is 0 Å². The van der Waals surface area contributed by atoms with Crippen LogP contribution in [0.3, 0.4) is 0 Å². The molecular weight excluding hydrogens is 142 g/mol. The molecule has 5 heavy (non-hydrogen) atoms. The van der Waals surface area contributed by atoms with E-state index in [1.54, 1.807) is 0 Å². The van der Waals surface area contributed by atoms with Crippen molar-refractivity contribution in [3.63, 3.8) is 0 Å². The third-order valence-corrected chi connectivity index (χ3v) is 0. The summed E-state index contributed by atoms with van der Waals surface area (Å²) in [6, 6.07) is 0. The van der Waals surface area contributed by atoms with Crippen LogP contribution in [0.5, 0.6) is 0 Å². The molecule has 30 valence electrons. The summed E-state index contributed by atoms with van der Waals surface area (Å²) in [6.07, 6.45) is 0. The third kappa shape index (κ3) is 42.5. The Bertz CT molecular complexity index is 6.85. The van der Waals surface area contributed by atoms with Crippen molar-refractivity contribution in [3.05, 3.63) is 0 Å². The second-order valence-corrected chi connectivity index (χ2v) is 1.73. The maximum atomic E-state index is 2.62. The molecule has 0 aromatic rings. The van der Waals surface area contributed by atoms with Gasteiger partial charge in [-0.05, 0) is 0 Å². The first-order valence-corrected chi connectivity index (χ1v) is 5.59. The summed E-state index contributed by atoms with van der Waals surface area (Å²) in [7, 11) is 0. The zero-order valence-electron chi connectivity index (χ0n) is 3.99. The van der Waals surface area contributed by atoms with E-state index in [0.717, 1.165) is 15.2 Å². The van der Waals surface area contributed by atoms with Gasteiger partial charge in [-0.25, -0.2) is 0 Å². The third-order valence-electron chi connectivity index (χ3n) is 0. The van der Waals surface area contributed by atoms with Gasteiger partial charge < -0.3 is 0 Å². The Hall–Kier alpha value is 1.05. The molecule has 0 amide bonds. The molecule has 0 saturated carbocycles. The van der Waals surface area contributed by atoms with E-state index in [0.29, 0.717) is 0 Å². The summed E-state index contributed by atoms with van der Waals surface area (Å²) < 4.78 is 0. The fraction of sp³-hybridized carbons (Fsp3) is 1.00. The molecule has 0 rings (SSSR count). The van der Waals surface area contributed by atoms with Crippen LogP contribution >= 0.6 is 0 Å². The Labute approximate surface area is 48.9 Å². The molecule has 0 fully saturated rings. The molecule has 0 saturated heterocycles. The predicted molar refractivity (Wildman–Crippen MR) is 29.1 cm³/mol. The van der Waals surface area contributed by atoms with Gasteiger partial charge in [0.15, 0.2) is 0 Å². The summed E-state index contributed by atoms with van der Waals surface area (Å²) in [5.74, 6) is 6.29. The Morgan fingerprint density at radius 3 is 1.20 bits per heavy atom. The SMILES string of the molecule is C[Se-].[CH3][Al+][CH3]. The number of rotatable bonds is 0. The molecule has 0 nitrogen and oxygen atoms in total. The quantitative estimate of drug-likeness (QED) is 0.453. The molecule has 0 aromatic heterocycles. The van der Waals surface area contributed by atoms with Crippen LogP contribution in [0, 0.1) is 0 Å². The molecule has 0 aliphatic rings. The Balaban J connectivity index is 0. The molecular formula is C3H9AlSe. The standard InChI is InChI=1S/CH4Se.2CH3.Al/c1-2;;;/h2H,1H3;2*1H3;/q;;;+1/p-1. The van der Waals surface area contributed by atoms with Crippen molar-refractivity contribution in [2.45, 2.75) is 17.4 Å². The minimum absolute atomic E-state index is 0.750. The van der Waals surface area contributed by atoms with Crippen LogP contribution in [0.15, 0.2) is 0 Å². The molecule has 0 atom stereocenters. The Morgan fingerprint density at radius 2 is 1.20 bits per heavy atom. The monoisotopic (exact) mass is 152 g/mol. The van der Waals surface area contributed by atoms with E-state index in [2.05, 4.69) is 27.6 Å². The van der Waals surface area contributed by atoms with Crippen LogP contribution < -0.4 is 0 Å². The van der Waals surface area contributed by atoms with Gasteiger partial charge in [-0.1, -0.05) is 0 Å². The molecule has 0 aliphatic heterocycles. The van der Waals surface area contributed by atoms with Gasteiger partial charge in [0.1, 0.15) is 0 Å². The maximum absolute atomic E-state index is 2.62. The molecule has 2 heteroatoms. The average molecular weight is 151 g/mol. The molecule has 0 spiro atoms. The first kappa shape index (κ1) is 9.41. The van der Waals surface area contributed by atoms with Gasteiger partial charge in [-0.15, -0.1) is 0 Å². The van der Waals surface area contributed by atoms with Crippen LogP contribution in [0.4, 0.5) is 0 Å². The summed E-state index contributed by atoms with van der Waals surface area (Å²) in [5, 5.41) is 0. The zero-order chi connectivity index (χ0) is 4.71. The Kier molecular flexibility index (Phi) is 37.1. The molecule has 0 aliphatic carbocycles. The molecule has 0 heterocycles. The van der Waals surface area contributed by atoms with Crippen LogP contribution in [0.25, 0.3) is 0 Å². The van der Waals surface area contributed by atoms with Gasteiger partial charge in [-0.3, -0.25) is 0 Å². The van der Waals surface area contributed by atoms with Gasteiger partial charge in [0.25, 0.3) is 0 Å². The summed E-state index contributed by atoms with van der Waals surface area (Å²) in [5.41, 5.74) is 0. The number of hydrogen-bond acceptors (Lipinski definition) is 0. The van der Waals surface area contributed by atoms with E-state index in [9.17, 15) is 0 Å². The first-order chi connectivity index (χ1) is 2.41. The van der Waals surface area contributed by atoms with E-state index in [1.807, 2.05) is 5.82 Å². The van der Waals surface area contributed by atoms with E-state index >= 15 is 0 Å². The average Bonchev–Trinajstić information content (AvgIpc) is 1.46. The van der Waals surface area contributed by atoms with Crippen molar-refractivity contribution >= 4 is 31.2 Å². The predicted octanol–water partition coefficient (Wildman–Crippen LogP) is 0.990. The van der Waals surface area contributed by atoms with Gasteiger partial charge >= 0.3 is 48.6 Å². The van der Waals surface area contributed by atoms with E-state index in [1.165, 1.54) is 0 Å². The molecule has 0 aromatic carbocycles. The van der Waals surface area contributed by atoms with Gasteiger partial charge in [0, 0.05) is 0 Å². The Morgan fingerprint density at radius 1 is 1.20 bits per heavy atom. The second kappa shape index (κ2) is 19.7. The van der Waals surface area contributed by atoms with E-state index in [4.69, 9.17) is 0 Å². The van der Waals surface area contributed by atoms with E-state index in [-0.39, 0.29) is 0 Å². The van der Waals surface area contributed by atoms with Crippen molar-refractivity contribution in [1.29, 1.82) is 0 Å². The number of hydrogen-bond donors (Lipinski definition) is 0. The topological polar surface area (TPSA) is 0 Å². The zero-order valence-corrected chi connectivity index (χ0v) is 6.85. The molecule has 0 N–H and O–H groups in total. The first-order valence-electron chi connectivity index (χ1n) is 1.56. The fourth-order valence-corrected chi connectivity index (χ4v) is 0. The van der Waals surface area contributed by atoms with Crippen molar-refractivity contribution in [2.75, 3.05) is 0 Å². The van der Waals surface area contributed by atoms with E-state index < -0.39 is 0 Å². The van der Waals surface area contributed by atoms with Crippen LogP contribution in [0.2, 0.25) is 17.4 Å². The van der Waals surface area contributed by atoms with Gasteiger partial charge in [-0.2, -0.15) is 0 Å². The molecule has 0 unspecified atom stereocenters. The van der Waals surface area contributed by atoms with Crippen LogP contribution in [-0.2, 0) is 0 Å². The van der Waals surface area contributed by atoms with Crippen molar-refractivity contribution in [1.82, 2.24) is 0 Å². The summed E-state index contributed by atoms with van der Waals surface area (Å²) in [4.78, 5) is 0. The normalized spacial score (nSPS) is 3.20. The minimum atomic E-state index is 0.750. The summed E-state index contributed by atoms with van der Waals surface area (Å²) in [6.45, 7) is 0. The van der Waals surface area contributed by atoms with Crippen LogP contribution in [0.1, 0.15) is 0 Å². The second-order valence-electron chi connectivity index (χ2n) is 0.577. The molecule has 0 radical (unpaired) electrons. The van der Waals surface area contributed by atoms with Crippen LogP contribution in [-0.4, -0.2) is 31.2 Å². The van der Waals surface area contributed by atoms with Crippen molar-refractivity contribution in [3.8, 4) is 0 Å². The summed E-state index contributed by atoms with van der Waals surface area (Å²) >= 11 is 3.38.